The van der Waals surface area contributed by atoms with Crippen molar-refractivity contribution < 1.29 is 4.79 Å². The number of halogens is 1. The molecule has 0 radical (unpaired) electrons. The number of anilines is 1. The maximum atomic E-state index is 12.3. The van der Waals surface area contributed by atoms with Gasteiger partial charge in [0, 0.05) is 15.7 Å². The largest absolute Gasteiger partial charge is 0.321 e. The Kier molecular flexibility index (Phi) is 3.71. The molecule has 0 spiro atoms. The van der Waals surface area contributed by atoms with E-state index < -0.39 is 0 Å². The molecule has 0 fully saturated rings. The first kappa shape index (κ1) is 13.8. The summed E-state index contributed by atoms with van der Waals surface area (Å²) in [6, 6.07) is 15.4. The maximum absolute atomic E-state index is 12.3. The third-order valence-electron chi connectivity index (χ3n) is 3.23. The number of amides is 1. The highest BCUT2D eigenvalue weighted by Gasteiger charge is 2.07. The average molecular weight is 341 g/mol. The summed E-state index contributed by atoms with van der Waals surface area (Å²) in [4.78, 5) is 16.4. The second kappa shape index (κ2) is 5.66. The second-order valence-electron chi connectivity index (χ2n) is 4.85. The zero-order valence-electron chi connectivity index (χ0n) is 11.4. The number of aromatic nitrogens is 1. The molecule has 2 aromatic carbocycles. The summed E-state index contributed by atoms with van der Waals surface area (Å²) in [6.45, 7) is 1.91. The van der Waals surface area contributed by atoms with Crippen molar-refractivity contribution in [2.75, 3.05) is 5.32 Å². The molecule has 0 saturated carbocycles. The number of benzene rings is 2. The van der Waals surface area contributed by atoms with E-state index in [1.807, 2.05) is 55.5 Å². The van der Waals surface area contributed by atoms with Gasteiger partial charge in [-0.2, -0.15) is 0 Å². The lowest BCUT2D eigenvalue weighted by atomic mass is 10.1. The molecule has 0 unspecified atom stereocenters. The van der Waals surface area contributed by atoms with E-state index in [9.17, 15) is 4.79 Å². The summed E-state index contributed by atoms with van der Waals surface area (Å²) in [7, 11) is 0. The fourth-order valence-corrected chi connectivity index (χ4v) is 2.48. The maximum Gasteiger partial charge on any atom is 0.255 e. The lowest BCUT2D eigenvalue weighted by Crippen LogP contribution is -2.11. The Labute approximate surface area is 131 Å². The highest BCUT2D eigenvalue weighted by atomic mass is 79.9. The number of rotatable bonds is 2. The fourth-order valence-electron chi connectivity index (χ4n) is 2.10. The molecule has 4 heteroatoms. The number of hydrogen-bond donors (Lipinski definition) is 1. The standard InChI is InChI=1S/C17H13BrN2O/c1-11-2-7-16(10-19-11)20-17(21)14-4-3-13-9-15(18)6-5-12(13)8-14/h2-10H,1H3,(H,20,21). The van der Waals surface area contributed by atoms with Crippen LogP contribution < -0.4 is 5.32 Å². The summed E-state index contributed by atoms with van der Waals surface area (Å²) in [5.41, 5.74) is 2.25. The Hall–Kier alpha value is -2.20. The van der Waals surface area contributed by atoms with Gasteiger partial charge in [-0.15, -0.1) is 0 Å². The van der Waals surface area contributed by atoms with Crippen LogP contribution in [0.1, 0.15) is 16.1 Å². The minimum atomic E-state index is -0.134. The van der Waals surface area contributed by atoms with E-state index in [1.165, 1.54) is 0 Å². The van der Waals surface area contributed by atoms with Crippen LogP contribution in [-0.4, -0.2) is 10.9 Å². The Balaban J connectivity index is 1.87. The normalized spacial score (nSPS) is 10.6. The topological polar surface area (TPSA) is 42.0 Å². The van der Waals surface area contributed by atoms with Gasteiger partial charge in [-0.3, -0.25) is 9.78 Å². The van der Waals surface area contributed by atoms with Gasteiger partial charge in [0.2, 0.25) is 0 Å². The monoisotopic (exact) mass is 340 g/mol. The molecule has 104 valence electrons. The molecule has 0 aliphatic heterocycles. The van der Waals surface area contributed by atoms with Crippen LogP contribution in [0.5, 0.6) is 0 Å². The van der Waals surface area contributed by atoms with Crippen LogP contribution in [0.4, 0.5) is 5.69 Å². The molecule has 1 amide bonds. The third-order valence-corrected chi connectivity index (χ3v) is 3.73. The van der Waals surface area contributed by atoms with Crippen LogP contribution in [0.25, 0.3) is 10.8 Å². The number of pyridine rings is 1. The van der Waals surface area contributed by atoms with E-state index in [4.69, 9.17) is 0 Å². The van der Waals surface area contributed by atoms with Crippen LogP contribution in [0.3, 0.4) is 0 Å². The van der Waals surface area contributed by atoms with Crippen molar-refractivity contribution in [1.82, 2.24) is 4.98 Å². The van der Waals surface area contributed by atoms with Gasteiger partial charge in [-0.1, -0.05) is 28.1 Å². The summed E-state index contributed by atoms with van der Waals surface area (Å²) < 4.78 is 1.03. The van der Waals surface area contributed by atoms with E-state index >= 15 is 0 Å². The molecule has 3 rings (SSSR count). The van der Waals surface area contributed by atoms with Crippen LogP contribution in [0.2, 0.25) is 0 Å². The Bertz CT molecular complexity index is 813. The molecule has 21 heavy (non-hydrogen) atoms. The van der Waals surface area contributed by atoms with Gasteiger partial charge in [-0.25, -0.2) is 0 Å². The lowest BCUT2D eigenvalue weighted by Gasteiger charge is -2.06. The van der Waals surface area contributed by atoms with Crippen molar-refractivity contribution in [2.24, 2.45) is 0 Å². The van der Waals surface area contributed by atoms with Gasteiger partial charge in [0.1, 0.15) is 0 Å². The number of carbonyl (C=O) groups excluding carboxylic acids is 1. The molecule has 0 aliphatic carbocycles. The molecular weight excluding hydrogens is 328 g/mol. The molecular formula is C17H13BrN2O. The number of carbonyl (C=O) groups is 1. The minimum absolute atomic E-state index is 0.134. The zero-order valence-corrected chi connectivity index (χ0v) is 13.0. The van der Waals surface area contributed by atoms with Crippen LogP contribution in [0, 0.1) is 6.92 Å². The Morgan fingerprint density at radius 3 is 2.57 bits per heavy atom. The summed E-state index contributed by atoms with van der Waals surface area (Å²) >= 11 is 3.44. The molecule has 0 bridgehead atoms. The van der Waals surface area contributed by atoms with Crippen LogP contribution in [0.15, 0.2) is 59.2 Å². The van der Waals surface area contributed by atoms with E-state index in [0.29, 0.717) is 11.3 Å². The van der Waals surface area contributed by atoms with Gasteiger partial charge >= 0.3 is 0 Å². The Morgan fingerprint density at radius 2 is 1.81 bits per heavy atom. The quantitative estimate of drug-likeness (QED) is 0.743. The van der Waals surface area contributed by atoms with Gasteiger partial charge in [-0.05, 0) is 54.1 Å². The number of aryl methyl sites for hydroxylation is 1. The molecule has 0 atom stereocenters. The molecule has 0 saturated heterocycles. The highest BCUT2D eigenvalue weighted by molar-refractivity contribution is 9.10. The van der Waals surface area contributed by atoms with Gasteiger partial charge in [0.25, 0.3) is 5.91 Å². The minimum Gasteiger partial charge on any atom is -0.321 e. The first-order chi connectivity index (χ1) is 10.1. The van der Waals surface area contributed by atoms with Gasteiger partial charge < -0.3 is 5.32 Å². The summed E-state index contributed by atoms with van der Waals surface area (Å²) in [5.74, 6) is -0.134. The summed E-state index contributed by atoms with van der Waals surface area (Å²) in [6.07, 6.45) is 1.66. The average Bonchev–Trinajstić information content (AvgIpc) is 2.49. The number of nitrogens with zero attached hydrogens (tertiary/aromatic N) is 1. The zero-order chi connectivity index (χ0) is 14.8. The molecule has 0 aliphatic rings. The SMILES string of the molecule is Cc1ccc(NC(=O)c2ccc3cc(Br)ccc3c2)cn1. The fraction of sp³-hybridized carbons (Fsp3) is 0.0588. The first-order valence-electron chi connectivity index (χ1n) is 6.55. The van der Waals surface area contributed by atoms with E-state index in [-0.39, 0.29) is 5.91 Å². The summed E-state index contributed by atoms with van der Waals surface area (Å²) in [5, 5.41) is 4.98. The number of hydrogen-bond acceptors (Lipinski definition) is 2. The smallest absolute Gasteiger partial charge is 0.255 e. The Morgan fingerprint density at radius 1 is 1.05 bits per heavy atom. The van der Waals surface area contributed by atoms with Crippen LogP contribution >= 0.6 is 15.9 Å². The second-order valence-corrected chi connectivity index (χ2v) is 5.76. The van der Waals surface area contributed by atoms with Crippen molar-refractivity contribution in [1.29, 1.82) is 0 Å². The van der Waals surface area contributed by atoms with E-state index in [1.54, 1.807) is 6.20 Å². The van der Waals surface area contributed by atoms with Crippen molar-refractivity contribution in [3.8, 4) is 0 Å². The van der Waals surface area contributed by atoms with Crippen molar-refractivity contribution in [2.45, 2.75) is 6.92 Å². The van der Waals surface area contributed by atoms with Crippen LogP contribution in [-0.2, 0) is 0 Å². The van der Waals surface area contributed by atoms with Gasteiger partial charge in [0.15, 0.2) is 0 Å². The third kappa shape index (κ3) is 3.11. The molecule has 1 N–H and O–H groups in total. The molecule has 1 heterocycles. The molecule has 1 aromatic heterocycles. The van der Waals surface area contributed by atoms with Gasteiger partial charge in [0.05, 0.1) is 11.9 Å². The molecule has 3 nitrogen and oxygen atoms in total. The molecule has 3 aromatic rings. The first-order valence-corrected chi connectivity index (χ1v) is 7.34. The van der Waals surface area contributed by atoms with E-state index in [0.717, 1.165) is 20.9 Å². The van der Waals surface area contributed by atoms with Crippen molar-refractivity contribution in [3.63, 3.8) is 0 Å². The lowest BCUT2D eigenvalue weighted by molar-refractivity contribution is 0.102. The number of nitrogens with one attached hydrogen (secondary N) is 1. The predicted octanol–water partition coefficient (Wildman–Crippen LogP) is 4.56. The van der Waals surface area contributed by atoms with Crippen molar-refractivity contribution in [3.05, 3.63) is 70.5 Å². The van der Waals surface area contributed by atoms with Crippen molar-refractivity contribution >= 4 is 38.3 Å². The number of fused-ring (bicyclic) bond motifs is 1. The predicted molar refractivity (Wildman–Crippen MR) is 88.6 cm³/mol. The van der Waals surface area contributed by atoms with E-state index in [2.05, 4.69) is 26.2 Å². The highest BCUT2D eigenvalue weighted by Crippen LogP contribution is 2.21.